The van der Waals surface area contributed by atoms with Crippen molar-refractivity contribution in [2.75, 3.05) is 24.5 Å². The minimum Gasteiger partial charge on any atom is -0.368 e. The van der Waals surface area contributed by atoms with Gasteiger partial charge in [0.2, 0.25) is 0 Å². The predicted octanol–water partition coefficient (Wildman–Crippen LogP) is 3.57. The average Bonchev–Trinajstić information content (AvgIpc) is 2.56. The van der Waals surface area contributed by atoms with E-state index in [1.165, 1.54) is 16.8 Å². The van der Waals surface area contributed by atoms with Gasteiger partial charge in [-0.15, -0.1) is 0 Å². The minimum absolute atomic E-state index is 0.0142. The van der Waals surface area contributed by atoms with E-state index in [1.54, 1.807) is 0 Å². The van der Waals surface area contributed by atoms with Crippen molar-refractivity contribution in [2.45, 2.75) is 25.8 Å². The molecule has 0 saturated carbocycles. The second-order valence-electron chi connectivity index (χ2n) is 6.03. The van der Waals surface area contributed by atoms with E-state index in [0.29, 0.717) is 0 Å². The summed E-state index contributed by atoms with van der Waals surface area (Å²) in [6.07, 6.45) is 1.09. The first-order valence-corrected chi connectivity index (χ1v) is 7.86. The fourth-order valence-electron chi connectivity index (χ4n) is 3.31. The van der Waals surface area contributed by atoms with Crippen LogP contribution in [0.4, 0.5) is 5.69 Å². The first-order valence-electron chi connectivity index (χ1n) is 7.86. The molecule has 1 aliphatic heterocycles. The molecule has 2 aromatic rings. The summed E-state index contributed by atoms with van der Waals surface area (Å²) in [5, 5.41) is 3.71. The van der Waals surface area contributed by atoms with Crippen molar-refractivity contribution in [3.63, 3.8) is 0 Å². The predicted molar refractivity (Wildman–Crippen MR) is 89.8 cm³/mol. The first-order chi connectivity index (χ1) is 10.2. The highest BCUT2D eigenvalue weighted by atomic mass is 15.2. The highest BCUT2D eigenvalue weighted by Gasteiger charge is 2.32. The van der Waals surface area contributed by atoms with Gasteiger partial charge in [-0.25, -0.2) is 0 Å². The molecular weight excluding hydrogens is 256 g/mol. The quantitative estimate of drug-likeness (QED) is 0.924. The molecule has 1 heterocycles. The first kappa shape index (κ1) is 14.2. The standard InChI is InChI=1S/C19H24N2/c1-3-16-9-7-8-12-18(16)21-14-13-20-19(2,15-21)17-10-5-4-6-11-17/h4-12,20H,3,13-15H2,1-2H3. The third-order valence-electron chi connectivity index (χ3n) is 4.53. The second-order valence-corrected chi connectivity index (χ2v) is 6.03. The highest BCUT2D eigenvalue weighted by molar-refractivity contribution is 5.55. The number of para-hydroxylation sites is 1. The molecule has 1 atom stereocenters. The summed E-state index contributed by atoms with van der Waals surface area (Å²) in [4.78, 5) is 2.53. The molecule has 1 N–H and O–H groups in total. The number of nitrogens with zero attached hydrogens (tertiary/aromatic N) is 1. The lowest BCUT2D eigenvalue weighted by atomic mass is 9.89. The molecule has 1 fully saturated rings. The zero-order valence-electron chi connectivity index (χ0n) is 13.0. The Morgan fingerprint density at radius 2 is 1.76 bits per heavy atom. The number of nitrogens with one attached hydrogen (secondary N) is 1. The molecule has 0 bridgehead atoms. The van der Waals surface area contributed by atoms with E-state index in [-0.39, 0.29) is 5.54 Å². The van der Waals surface area contributed by atoms with Crippen LogP contribution in [0.2, 0.25) is 0 Å². The number of benzene rings is 2. The Kier molecular flexibility index (Phi) is 3.98. The molecule has 1 unspecified atom stereocenters. The third kappa shape index (κ3) is 2.81. The Morgan fingerprint density at radius 3 is 2.52 bits per heavy atom. The van der Waals surface area contributed by atoms with E-state index in [2.05, 4.69) is 78.7 Å². The maximum atomic E-state index is 3.71. The molecule has 2 heteroatoms. The lowest BCUT2D eigenvalue weighted by molar-refractivity contribution is 0.332. The summed E-state index contributed by atoms with van der Waals surface area (Å²) in [6, 6.07) is 19.6. The number of piperazine rings is 1. The summed E-state index contributed by atoms with van der Waals surface area (Å²) in [5.74, 6) is 0. The summed E-state index contributed by atoms with van der Waals surface area (Å²) in [5.41, 5.74) is 4.21. The molecule has 0 radical (unpaired) electrons. The Bertz CT molecular complexity index is 594. The molecule has 110 valence electrons. The van der Waals surface area contributed by atoms with E-state index in [9.17, 15) is 0 Å². The summed E-state index contributed by atoms with van der Waals surface area (Å²) in [6.45, 7) is 7.64. The van der Waals surface area contributed by atoms with Crippen molar-refractivity contribution in [3.8, 4) is 0 Å². The van der Waals surface area contributed by atoms with E-state index < -0.39 is 0 Å². The highest BCUT2D eigenvalue weighted by Crippen LogP contribution is 2.29. The molecule has 3 rings (SSSR count). The van der Waals surface area contributed by atoms with Crippen LogP contribution < -0.4 is 10.2 Å². The number of aryl methyl sites for hydroxylation is 1. The molecule has 1 aliphatic rings. The summed E-state index contributed by atoms with van der Waals surface area (Å²) < 4.78 is 0. The molecule has 21 heavy (non-hydrogen) atoms. The van der Waals surface area contributed by atoms with Crippen LogP contribution >= 0.6 is 0 Å². The number of rotatable bonds is 3. The Hall–Kier alpha value is -1.80. The molecule has 0 aliphatic carbocycles. The second kappa shape index (κ2) is 5.90. The van der Waals surface area contributed by atoms with E-state index >= 15 is 0 Å². The van der Waals surface area contributed by atoms with Gasteiger partial charge in [0.1, 0.15) is 0 Å². The monoisotopic (exact) mass is 280 g/mol. The zero-order chi connectivity index (χ0) is 14.7. The van der Waals surface area contributed by atoms with Crippen LogP contribution in [-0.2, 0) is 12.0 Å². The van der Waals surface area contributed by atoms with Gasteiger partial charge in [0.15, 0.2) is 0 Å². The molecule has 0 aromatic heterocycles. The van der Waals surface area contributed by atoms with Crippen LogP contribution in [0.15, 0.2) is 54.6 Å². The smallest absolute Gasteiger partial charge is 0.0584 e. The lowest BCUT2D eigenvalue weighted by Gasteiger charge is -2.43. The van der Waals surface area contributed by atoms with Crippen molar-refractivity contribution >= 4 is 5.69 Å². The van der Waals surface area contributed by atoms with Gasteiger partial charge < -0.3 is 10.2 Å². The SMILES string of the molecule is CCc1ccccc1N1CCNC(C)(c2ccccc2)C1. The van der Waals surface area contributed by atoms with Crippen LogP contribution in [-0.4, -0.2) is 19.6 Å². The fourth-order valence-corrected chi connectivity index (χ4v) is 3.31. The van der Waals surface area contributed by atoms with Crippen molar-refractivity contribution < 1.29 is 0 Å². The van der Waals surface area contributed by atoms with Gasteiger partial charge in [0.05, 0.1) is 5.54 Å². The van der Waals surface area contributed by atoms with Gasteiger partial charge in [-0.2, -0.15) is 0 Å². The number of hydrogen-bond acceptors (Lipinski definition) is 2. The third-order valence-corrected chi connectivity index (χ3v) is 4.53. The molecule has 2 aromatic carbocycles. The average molecular weight is 280 g/mol. The van der Waals surface area contributed by atoms with Crippen LogP contribution in [0, 0.1) is 0 Å². The molecule has 2 nitrogen and oxygen atoms in total. The molecule has 0 amide bonds. The Morgan fingerprint density at radius 1 is 1.05 bits per heavy atom. The van der Waals surface area contributed by atoms with Gasteiger partial charge in [-0.3, -0.25) is 0 Å². The maximum absolute atomic E-state index is 3.71. The van der Waals surface area contributed by atoms with Crippen LogP contribution in [0.5, 0.6) is 0 Å². The molecular formula is C19H24N2. The van der Waals surface area contributed by atoms with Gasteiger partial charge in [0.25, 0.3) is 0 Å². The topological polar surface area (TPSA) is 15.3 Å². The van der Waals surface area contributed by atoms with Gasteiger partial charge in [0, 0.05) is 25.3 Å². The zero-order valence-corrected chi connectivity index (χ0v) is 13.0. The van der Waals surface area contributed by atoms with Crippen LogP contribution in [0.25, 0.3) is 0 Å². The summed E-state index contributed by atoms with van der Waals surface area (Å²) in [7, 11) is 0. The van der Waals surface area contributed by atoms with Crippen molar-refractivity contribution in [1.82, 2.24) is 5.32 Å². The van der Waals surface area contributed by atoms with Crippen molar-refractivity contribution in [3.05, 3.63) is 65.7 Å². The minimum atomic E-state index is 0.0142. The van der Waals surface area contributed by atoms with Gasteiger partial charge in [-0.05, 0) is 30.5 Å². The molecule has 1 saturated heterocycles. The molecule has 0 spiro atoms. The van der Waals surface area contributed by atoms with Crippen LogP contribution in [0.3, 0.4) is 0 Å². The van der Waals surface area contributed by atoms with Gasteiger partial charge >= 0.3 is 0 Å². The Labute approximate surface area is 127 Å². The normalized spacial score (nSPS) is 22.3. The number of hydrogen-bond donors (Lipinski definition) is 1. The van der Waals surface area contributed by atoms with E-state index in [1.807, 2.05) is 0 Å². The van der Waals surface area contributed by atoms with E-state index in [4.69, 9.17) is 0 Å². The van der Waals surface area contributed by atoms with Crippen molar-refractivity contribution in [2.24, 2.45) is 0 Å². The summed E-state index contributed by atoms with van der Waals surface area (Å²) >= 11 is 0. The van der Waals surface area contributed by atoms with E-state index in [0.717, 1.165) is 26.1 Å². The number of anilines is 1. The van der Waals surface area contributed by atoms with Gasteiger partial charge in [-0.1, -0.05) is 55.5 Å². The lowest BCUT2D eigenvalue weighted by Crippen LogP contribution is -2.57. The van der Waals surface area contributed by atoms with Crippen molar-refractivity contribution in [1.29, 1.82) is 0 Å². The fraction of sp³-hybridized carbons (Fsp3) is 0.368. The van der Waals surface area contributed by atoms with Crippen LogP contribution in [0.1, 0.15) is 25.0 Å². The Balaban J connectivity index is 1.89. The maximum Gasteiger partial charge on any atom is 0.0584 e. The largest absolute Gasteiger partial charge is 0.368 e.